The van der Waals surface area contributed by atoms with E-state index in [2.05, 4.69) is 25.3 Å². The number of rotatable bonds is 1. The monoisotopic (exact) mass is 219 g/mol. The van der Waals surface area contributed by atoms with Gasteiger partial charge < -0.3 is 4.90 Å². The maximum atomic E-state index is 11.9. The van der Waals surface area contributed by atoms with Crippen LogP contribution in [0.2, 0.25) is 0 Å². The van der Waals surface area contributed by atoms with Gasteiger partial charge in [0.1, 0.15) is 0 Å². The highest BCUT2D eigenvalue weighted by molar-refractivity contribution is 6.08. The van der Waals surface area contributed by atoms with E-state index in [1.807, 2.05) is 6.92 Å². The summed E-state index contributed by atoms with van der Waals surface area (Å²) in [5.41, 5.74) is 3.36. The summed E-state index contributed by atoms with van der Waals surface area (Å²) in [6.45, 7) is 12.6. The van der Waals surface area contributed by atoms with Crippen molar-refractivity contribution in [2.75, 3.05) is 13.1 Å². The molecule has 16 heavy (non-hydrogen) atoms. The van der Waals surface area contributed by atoms with E-state index in [0.717, 1.165) is 37.1 Å². The van der Waals surface area contributed by atoms with Crippen molar-refractivity contribution in [3.63, 3.8) is 0 Å². The van der Waals surface area contributed by atoms with Crippen molar-refractivity contribution < 1.29 is 4.79 Å². The zero-order chi connectivity index (χ0) is 11.9. The van der Waals surface area contributed by atoms with E-state index in [1.54, 1.807) is 0 Å². The van der Waals surface area contributed by atoms with E-state index in [4.69, 9.17) is 0 Å². The van der Waals surface area contributed by atoms with Crippen LogP contribution in [0.25, 0.3) is 0 Å². The first-order valence-electron chi connectivity index (χ1n) is 6.08. The van der Waals surface area contributed by atoms with E-state index >= 15 is 0 Å². The van der Waals surface area contributed by atoms with Gasteiger partial charge in [-0.1, -0.05) is 20.4 Å². The molecule has 2 nitrogen and oxygen atoms in total. The third kappa shape index (κ3) is 1.93. The highest BCUT2D eigenvalue weighted by Crippen LogP contribution is 2.35. The average molecular weight is 219 g/mol. The van der Waals surface area contributed by atoms with Crippen LogP contribution in [-0.4, -0.2) is 23.8 Å². The summed E-state index contributed by atoms with van der Waals surface area (Å²) >= 11 is 0. The molecule has 2 heteroatoms. The molecule has 2 rings (SSSR count). The lowest BCUT2D eigenvalue weighted by atomic mass is 9.91. The van der Waals surface area contributed by atoms with Crippen molar-refractivity contribution in [1.29, 1.82) is 0 Å². The molecule has 0 N–H and O–H groups in total. The Labute approximate surface area is 98.0 Å². The van der Waals surface area contributed by atoms with Crippen molar-refractivity contribution in [3.05, 3.63) is 23.4 Å². The van der Waals surface area contributed by atoms with Crippen molar-refractivity contribution in [2.24, 2.45) is 5.41 Å². The Morgan fingerprint density at radius 3 is 2.56 bits per heavy atom. The third-order valence-corrected chi connectivity index (χ3v) is 3.82. The van der Waals surface area contributed by atoms with Crippen molar-refractivity contribution in [3.8, 4) is 0 Å². The fraction of sp³-hybridized carbons (Fsp3) is 0.643. The van der Waals surface area contributed by atoms with Gasteiger partial charge in [0.2, 0.25) is 0 Å². The van der Waals surface area contributed by atoms with Crippen LogP contribution in [0.4, 0.5) is 0 Å². The molecule has 0 saturated carbocycles. The van der Waals surface area contributed by atoms with E-state index in [0.29, 0.717) is 5.41 Å². The first-order valence-corrected chi connectivity index (χ1v) is 6.08. The molecule has 0 aromatic heterocycles. The second kappa shape index (κ2) is 3.76. The topological polar surface area (TPSA) is 20.3 Å². The van der Waals surface area contributed by atoms with E-state index in [1.165, 1.54) is 12.1 Å². The maximum Gasteiger partial charge on any atom is 0.185 e. The maximum absolute atomic E-state index is 11.9. The van der Waals surface area contributed by atoms with Gasteiger partial charge >= 0.3 is 0 Å². The third-order valence-electron chi connectivity index (χ3n) is 3.82. The SMILES string of the molecule is C=C1CCC(N2CCC(C)(C)C2)=C(C)C1=O. The normalized spacial score (nSPS) is 25.6. The lowest BCUT2D eigenvalue weighted by Gasteiger charge is -2.29. The fourth-order valence-electron chi connectivity index (χ4n) is 2.70. The van der Waals surface area contributed by atoms with Gasteiger partial charge in [0.05, 0.1) is 0 Å². The van der Waals surface area contributed by atoms with E-state index in [9.17, 15) is 4.79 Å². The Balaban J connectivity index is 2.22. The number of ketones is 1. The zero-order valence-electron chi connectivity index (χ0n) is 10.6. The van der Waals surface area contributed by atoms with Crippen LogP contribution in [0.1, 0.15) is 40.0 Å². The van der Waals surface area contributed by atoms with Gasteiger partial charge in [-0.2, -0.15) is 0 Å². The first kappa shape index (κ1) is 11.4. The largest absolute Gasteiger partial charge is 0.374 e. The molecular formula is C14H21NO. The molecule has 1 fully saturated rings. The molecule has 0 spiro atoms. The molecule has 0 radical (unpaired) electrons. The highest BCUT2D eigenvalue weighted by atomic mass is 16.1. The van der Waals surface area contributed by atoms with Gasteiger partial charge in [0.15, 0.2) is 5.78 Å². The average Bonchev–Trinajstić information content (AvgIpc) is 2.55. The summed E-state index contributed by atoms with van der Waals surface area (Å²) in [6, 6.07) is 0. The van der Waals surface area contributed by atoms with E-state index < -0.39 is 0 Å². The quantitative estimate of drug-likeness (QED) is 0.632. The molecule has 0 unspecified atom stereocenters. The standard InChI is InChI=1S/C14H21NO/c1-10-5-6-12(11(2)13(10)16)15-8-7-14(3,4)9-15/h1,5-9H2,2-4H3. The number of likely N-dealkylation sites (tertiary alicyclic amines) is 1. The summed E-state index contributed by atoms with van der Waals surface area (Å²) in [5.74, 6) is 0.172. The minimum atomic E-state index is 0.172. The lowest BCUT2D eigenvalue weighted by molar-refractivity contribution is -0.112. The summed E-state index contributed by atoms with van der Waals surface area (Å²) in [5, 5.41) is 0. The number of hydrogen-bond donors (Lipinski definition) is 0. The molecular weight excluding hydrogens is 198 g/mol. The molecule has 1 heterocycles. The van der Waals surface area contributed by atoms with Gasteiger partial charge in [-0.05, 0) is 37.2 Å². The Kier molecular flexibility index (Phi) is 2.69. The molecule has 0 aromatic carbocycles. The zero-order valence-corrected chi connectivity index (χ0v) is 10.6. The molecule has 1 aliphatic carbocycles. The summed E-state index contributed by atoms with van der Waals surface area (Å²) in [6.07, 6.45) is 3.05. The van der Waals surface area contributed by atoms with Crippen molar-refractivity contribution in [2.45, 2.75) is 40.0 Å². The number of carbonyl (C=O) groups excluding carboxylic acids is 1. The number of carbonyl (C=O) groups is 1. The second-order valence-corrected chi connectivity index (χ2v) is 5.84. The first-order chi connectivity index (χ1) is 7.41. The molecule has 0 aromatic rings. The summed E-state index contributed by atoms with van der Waals surface area (Å²) < 4.78 is 0. The molecule has 2 aliphatic rings. The Bertz CT molecular complexity index is 376. The van der Waals surface area contributed by atoms with Gasteiger partial charge in [-0.3, -0.25) is 4.79 Å². The predicted octanol–water partition coefficient (Wildman–Crippen LogP) is 2.91. The predicted molar refractivity (Wildman–Crippen MR) is 66.1 cm³/mol. The molecule has 0 amide bonds. The summed E-state index contributed by atoms with van der Waals surface area (Å²) in [7, 11) is 0. The molecule has 88 valence electrons. The van der Waals surface area contributed by atoms with Gasteiger partial charge in [-0.25, -0.2) is 0 Å². The van der Waals surface area contributed by atoms with Crippen LogP contribution < -0.4 is 0 Å². The van der Waals surface area contributed by atoms with E-state index in [-0.39, 0.29) is 5.78 Å². The molecule has 0 bridgehead atoms. The number of allylic oxidation sites excluding steroid dienone is 3. The second-order valence-electron chi connectivity index (χ2n) is 5.84. The number of hydrogen-bond acceptors (Lipinski definition) is 2. The smallest absolute Gasteiger partial charge is 0.185 e. The Morgan fingerprint density at radius 1 is 1.31 bits per heavy atom. The molecule has 1 aliphatic heterocycles. The van der Waals surface area contributed by atoms with Gasteiger partial charge in [0.25, 0.3) is 0 Å². The minimum Gasteiger partial charge on any atom is -0.374 e. The Hall–Kier alpha value is -1.05. The molecule has 1 saturated heterocycles. The van der Waals surface area contributed by atoms with Crippen LogP contribution in [0.5, 0.6) is 0 Å². The van der Waals surface area contributed by atoms with Gasteiger partial charge in [-0.15, -0.1) is 0 Å². The van der Waals surface area contributed by atoms with Crippen molar-refractivity contribution >= 4 is 5.78 Å². The Morgan fingerprint density at radius 2 is 2.00 bits per heavy atom. The highest BCUT2D eigenvalue weighted by Gasteiger charge is 2.33. The lowest BCUT2D eigenvalue weighted by Crippen LogP contribution is -2.27. The fourth-order valence-corrected chi connectivity index (χ4v) is 2.70. The minimum absolute atomic E-state index is 0.172. The summed E-state index contributed by atoms with van der Waals surface area (Å²) in [4.78, 5) is 14.3. The van der Waals surface area contributed by atoms with Crippen LogP contribution in [0.15, 0.2) is 23.4 Å². The van der Waals surface area contributed by atoms with Gasteiger partial charge in [0, 0.05) is 24.4 Å². The molecule has 0 atom stereocenters. The number of Topliss-reactive ketones (excluding diaryl/α,β-unsaturated/α-hetero) is 1. The number of nitrogens with zero attached hydrogens (tertiary/aromatic N) is 1. The van der Waals surface area contributed by atoms with Crippen LogP contribution in [-0.2, 0) is 4.79 Å². The van der Waals surface area contributed by atoms with Crippen molar-refractivity contribution in [1.82, 2.24) is 4.90 Å². The van der Waals surface area contributed by atoms with Crippen LogP contribution >= 0.6 is 0 Å². The van der Waals surface area contributed by atoms with Crippen LogP contribution in [0.3, 0.4) is 0 Å². The van der Waals surface area contributed by atoms with Crippen LogP contribution in [0, 0.1) is 5.41 Å².